The van der Waals surface area contributed by atoms with Crippen molar-refractivity contribution in [2.45, 2.75) is 51.6 Å². The van der Waals surface area contributed by atoms with Gasteiger partial charge in [-0.05, 0) is 47.8 Å². The number of aliphatic hydroxyl groups is 1. The molecule has 0 bridgehead atoms. The third kappa shape index (κ3) is 2.57. The monoisotopic (exact) mass is 283 g/mol. The topological polar surface area (TPSA) is 33.1 Å². The van der Waals surface area contributed by atoms with Crippen LogP contribution in [0.5, 0.6) is 0 Å². The highest BCUT2D eigenvalue weighted by atomic mass is 16.3. The van der Waals surface area contributed by atoms with Crippen LogP contribution in [0.1, 0.15) is 45.6 Å². The molecule has 1 aliphatic rings. The highest BCUT2D eigenvalue weighted by Gasteiger charge is 2.39. The largest absolute Gasteiger partial charge is 0.393 e. The van der Waals surface area contributed by atoms with Gasteiger partial charge in [-0.1, -0.05) is 45.4 Å². The molecule has 0 amide bonds. The summed E-state index contributed by atoms with van der Waals surface area (Å²) >= 11 is 0. The summed E-state index contributed by atoms with van der Waals surface area (Å²) in [5, 5.41) is 11.8. The quantitative estimate of drug-likeness (QED) is 0.891. The molecule has 1 fully saturated rings. The van der Waals surface area contributed by atoms with Crippen LogP contribution < -0.4 is 0 Å². The van der Waals surface area contributed by atoms with Gasteiger partial charge in [0.2, 0.25) is 0 Å². The number of hydrogen-bond acceptors (Lipinski definition) is 2. The summed E-state index contributed by atoms with van der Waals surface area (Å²) in [6.45, 7) is 6.80. The molecule has 0 radical (unpaired) electrons. The van der Waals surface area contributed by atoms with Gasteiger partial charge in [0.15, 0.2) is 0 Å². The molecule has 112 valence electrons. The Hall–Kier alpha value is -1.41. The van der Waals surface area contributed by atoms with Crippen molar-refractivity contribution in [3.05, 3.63) is 42.1 Å². The lowest BCUT2D eigenvalue weighted by Gasteiger charge is -2.42. The van der Waals surface area contributed by atoms with E-state index in [4.69, 9.17) is 0 Å². The van der Waals surface area contributed by atoms with Gasteiger partial charge in [0, 0.05) is 11.6 Å². The van der Waals surface area contributed by atoms with Crippen molar-refractivity contribution in [2.24, 2.45) is 11.8 Å². The van der Waals surface area contributed by atoms with Gasteiger partial charge in [-0.2, -0.15) is 0 Å². The van der Waals surface area contributed by atoms with E-state index in [2.05, 4.69) is 50.0 Å². The molecule has 3 atom stereocenters. The van der Waals surface area contributed by atoms with E-state index in [0.717, 1.165) is 18.4 Å². The fourth-order valence-corrected chi connectivity index (χ4v) is 4.06. The average molecular weight is 283 g/mol. The molecule has 1 saturated carbocycles. The van der Waals surface area contributed by atoms with Crippen molar-refractivity contribution in [3.63, 3.8) is 0 Å². The van der Waals surface area contributed by atoms with E-state index < -0.39 is 0 Å². The molecule has 21 heavy (non-hydrogen) atoms. The summed E-state index contributed by atoms with van der Waals surface area (Å²) in [4.78, 5) is 4.47. The maximum atomic E-state index is 10.6. The van der Waals surface area contributed by atoms with Gasteiger partial charge < -0.3 is 5.11 Å². The number of rotatable bonds is 2. The summed E-state index contributed by atoms with van der Waals surface area (Å²) in [6, 6.07) is 10.5. The Balaban J connectivity index is 2.04. The van der Waals surface area contributed by atoms with Crippen LogP contribution in [0.15, 0.2) is 36.5 Å². The average Bonchev–Trinajstić information content (AvgIpc) is 2.46. The van der Waals surface area contributed by atoms with Gasteiger partial charge in [-0.15, -0.1) is 0 Å². The van der Waals surface area contributed by atoms with Crippen molar-refractivity contribution in [1.82, 2.24) is 4.98 Å². The lowest BCUT2D eigenvalue weighted by Crippen LogP contribution is -2.41. The van der Waals surface area contributed by atoms with Gasteiger partial charge in [-0.25, -0.2) is 0 Å². The third-order valence-corrected chi connectivity index (χ3v) is 5.35. The van der Waals surface area contributed by atoms with E-state index in [1.54, 1.807) is 0 Å². The number of aromatic nitrogens is 1. The van der Waals surface area contributed by atoms with Crippen molar-refractivity contribution < 1.29 is 5.11 Å². The number of nitrogens with zero attached hydrogens (tertiary/aromatic N) is 1. The maximum absolute atomic E-state index is 10.6. The number of hydrogen-bond donors (Lipinski definition) is 1. The number of aliphatic hydroxyl groups excluding tert-OH is 1. The second-order valence-electron chi connectivity index (χ2n) is 7.19. The Kier molecular flexibility index (Phi) is 3.75. The van der Waals surface area contributed by atoms with Crippen LogP contribution in [0.3, 0.4) is 0 Å². The molecule has 2 heteroatoms. The number of fused-ring (bicyclic) bond motifs is 1. The summed E-state index contributed by atoms with van der Waals surface area (Å²) < 4.78 is 0. The lowest BCUT2D eigenvalue weighted by molar-refractivity contribution is 0.0147. The first-order chi connectivity index (χ1) is 10.00. The molecule has 1 N–H and O–H groups in total. The molecular weight excluding hydrogens is 258 g/mol. The first-order valence-electron chi connectivity index (χ1n) is 8.02. The molecule has 1 heterocycles. The van der Waals surface area contributed by atoms with E-state index in [0.29, 0.717) is 11.8 Å². The first kappa shape index (κ1) is 14.5. The Bertz CT molecular complexity index is 629. The normalized spacial score (nSPS) is 27.0. The lowest BCUT2D eigenvalue weighted by atomic mass is 9.64. The van der Waals surface area contributed by atoms with E-state index in [-0.39, 0.29) is 11.5 Å². The zero-order valence-corrected chi connectivity index (χ0v) is 13.2. The maximum Gasteiger partial charge on any atom is 0.0704 e. The predicted octanol–water partition coefficient (Wildman–Crippen LogP) is 4.31. The summed E-state index contributed by atoms with van der Waals surface area (Å²) in [6.07, 6.45) is 4.89. The summed E-state index contributed by atoms with van der Waals surface area (Å²) in [5.41, 5.74) is 2.32. The Morgan fingerprint density at radius 2 is 1.95 bits per heavy atom. The number of benzene rings is 1. The smallest absolute Gasteiger partial charge is 0.0704 e. The van der Waals surface area contributed by atoms with Crippen molar-refractivity contribution in [3.8, 4) is 0 Å². The molecule has 1 aromatic carbocycles. The van der Waals surface area contributed by atoms with Crippen LogP contribution in [-0.4, -0.2) is 16.2 Å². The minimum atomic E-state index is -0.198. The van der Waals surface area contributed by atoms with E-state index in [9.17, 15) is 5.11 Å². The minimum absolute atomic E-state index is 0.0396. The Morgan fingerprint density at radius 3 is 2.71 bits per heavy atom. The van der Waals surface area contributed by atoms with Gasteiger partial charge >= 0.3 is 0 Å². The molecule has 2 nitrogen and oxygen atoms in total. The summed E-state index contributed by atoms with van der Waals surface area (Å²) in [5.74, 6) is 0.959. The molecule has 0 aliphatic heterocycles. The van der Waals surface area contributed by atoms with Crippen LogP contribution in [0.4, 0.5) is 0 Å². The van der Waals surface area contributed by atoms with Gasteiger partial charge in [0.1, 0.15) is 0 Å². The second-order valence-corrected chi connectivity index (χ2v) is 7.19. The van der Waals surface area contributed by atoms with Crippen LogP contribution in [0.25, 0.3) is 10.9 Å². The molecule has 2 aromatic rings. The Labute approximate surface area is 127 Å². The zero-order chi connectivity index (χ0) is 15.0. The molecule has 0 spiro atoms. The van der Waals surface area contributed by atoms with Crippen molar-refractivity contribution in [1.29, 1.82) is 0 Å². The summed E-state index contributed by atoms with van der Waals surface area (Å²) in [7, 11) is 0. The van der Waals surface area contributed by atoms with Gasteiger partial charge in [0.05, 0.1) is 11.6 Å². The Morgan fingerprint density at radius 1 is 1.14 bits per heavy atom. The fraction of sp³-hybridized carbons (Fsp3) is 0.526. The van der Waals surface area contributed by atoms with Crippen molar-refractivity contribution in [2.75, 3.05) is 0 Å². The molecule has 3 unspecified atom stereocenters. The standard InChI is InChI=1S/C19H25NO/c1-13-9-10-16(18(21)12-13)19(2,3)15-7-4-8-17-14(15)6-5-11-20-17/h4-8,11,13,16,18,21H,9-10,12H2,1-3H3. The molecular formula is C19H25NO. The predicted molar refractivity (Wildman–Crippen MR) is 87.3 cm³/mol. The highest BCUT2D eigenvalue weighted by molar-refractivity contribution is 5.83. The SMILES string of the molecule is CC1CCC(C(C)(C)c2cccc3ncccc23)C(O)C1. The molecule has 3 rings (SSSR count). The zero-order valence-electron chi connectivity index (χ0n) is 13.2. The van der Waals surface area contributed by atoms with Gasteiger partial charge in [0.25, 0.3) is 0 Å². The minimum Gasteiger partial charge on any atom is -0.393 e. The molecule has 0 saturated heterocycles. The second kappa shape index (κ2) is 5.42. The fourth-order valence-electron chi connectivity index (χ4n) is 4.06. The van der Waals surface area contributed by atoms with Crippen LogP contribution in [0.2, 0.25) is 0 Å². The van der Waals surface area contributed by atoms with Crippen LogP contribution in [0, 0.1) is 11.8 Å². The van der Waals surface area contributed by atoms with Crippen molar-refractivity contribution >= 4 is 10.9 Å². The van der Waals surface area contributed by atoms with E-state index in [1.165, 1.54) is 17.4 Å². The first-order valence-corrected chi connectivity index (χ1v) is 8.02. The highest BCUT2D eigenvalue weighted by Crippen LogP contribution is 2.44. The van der Waals surface area contributed by atoms with Gasteiger partial charge in [-0.3, -0.25) is 4.98 Å². The van der Waals surface area contributed by atoms with E-state index in [1.807, 2.05) is 12.3 Å². The molecule has 1 aliphatic carbocycles. The third-order valence-electron chi connectivity index (χ3n) is 5.35. The van der Waals surface area contributed by atoms with E-state index >= 15 is 0 Å². The number of pyridine rings is 1. The molecule has 1 aromatic heterocycles. The van der Waals surface area contributed by atoms with Crippen LogP contribution >= 0.6 is 0 Å². The van der Waals surface area contributed by atoms with Crippen LogP contribution in [-0.2, 0) is 5.41 Å².